The second kappa shape index (κ2) is 30.6. The van der Waals surface area contributed by atoms with Gasteiger partial charge in [-0.15, -0.1) is 0 Å². The van der Waals surface area contributed by atoms with E-state index in [1.165, 1.54) is 42.2 Å². The van der Waals surface area contributed by atoms with Gasteiger partial charge in [-0.05, 0) is 184 Å². The number of aromatic nitrogens is 3. The Hall–Kier alpha value is -10.5. The van der Waals surface area contributed by atoms with Crippen LogP contribution >= 0.6 is 0 Å². The van der Waals surface area contributed by atoms with Gasteiger partial charge in [-0.2, -0.15) is 39.5 Å². The first-order valence-electron chi connectivity index (χ1n) is 26.8. The SMILES string of the molecule is CC(=O)c1cc(C(F)(F)F)ccc1Oc1ccc(-c2cccc(C(N)=O)n2)cc1.NC(=O)c1cccc(-c2ccc(Oc3ccc(C(F)(F)F)cc3C(=O)N3CCCC3)cc2)n1.NC(=O)c1cccc(-c2ccc(Oc3ccc(C(F)(F)F)cc3C(=O)O)cc2)n1.[Na+].[OH-]. The van der Waals surface area contributed by atoms with E-state index < -0.39 is 76.2 Å². The zero-order valence-corrected chi connectivity index (χ0v) is 50.6. The van der Waals surface area contributed by atoms with Crippen molar-refractivity contribution in [3.8, 4) is 68.3 Å². The van der Waals surface area contributed by atoms with Gasteiger partial charge in [0.1, 0.15) is 57.1 Å². The number of hydrogen-bond acceptors (Lipinski definition) is 13. The molecule has 1 aliphatic rings. The number of primary amides is 3. The van der Waals surface area contributed by atoms with E-state index in [-0.39, 0.29) is 86.2 Å². The number of amides is 4. The first kappa shape index (κ1) is 71.6. The molecule has 4 heterocycles. The summed E-state index contributed by atoms with van der Waals surface area (Å²) in [5.74, 6) is -3.84. The molecule has 8 N–H and O–H groups in total. The summed E-state index contributed by atoms with van der Waals surface area (Å²) in [4.78, 5) is 83.8. The van der Waals surface area contributed by atoms with Crippen LogP contribution in [-0.2, 0) is 18.5 Å². The Morgan fingerprint density at radius 3 is 1.01 bits per heavy atom. The molecule has 18 nitrogen and oxygen atoms in total. The van der Waals surface area contributed by atoms with E-state index in [2.05, 4.69) is 15.0 Å². The van der Waals surface area contributed by atoms with Crippen molar-refractivity contribution in [3.63, 3.8) is 0 Å². The van der Waals surface area contributed by atoms with E-state index in [4.69, 9.17) is 31.4 Å². The summed E-state index contributed by atoms with van der Waals surface area (Å²) in [5.41, 5.74) is 15.7. The molecule has 1 fully saturated rings. The molecule has 4 amide bonds. The van der Waals surface area contributed by atoms with Crippen LogP contribution < -0.4 is 61.0 Å². The Kier molecular flexibility index (Phi) is 23.5. The third-order valence-electron chi connectivity index (χ3n) is 13.3. The van der Waals surface area contributed by atoms with Gasteiger partial charge >= 0.3 is 54.1 Å². The Morgan fingerprint density at radius 1 is 0.430 bits per heavy atom. The number of Topliss-reactive ketones (excluding diaryl/α,β-unsaturated/α-hetero) is 1. The smallest absolute Gasteiger partial charge is 0.870 e. The summed E-state index contributed by atoms with van der Waals surface area (Å²) in [6.07, 6.45) is -12.2. The Morgan fingerprint density at radius 2 is 0.720 bits per heavy atom. The Bertz CT molecular complexity index is 4030. The van der Waals surface area contributed by atoms with Crippen LogP contribution in [0.15, 0.2) is 182 Å². The molecule has 93 heavy (non-hydrogen) atoms. The first-order valence-corrected chi connectivity index (χ1v) is 26.8. The predicted molar refractivity (Wildman–Crippen MR) is 313 cm³/mol. The van der Waals surface area contributed by atoms with Gasteiger partial charge in [0.15, 0.2) is 5.78 Å². The zero-order valence-electron chi connectivity index (χ0n) is 48.6. The fourth-order valence-electron chi connectivity index (χ4n) is 8.75. The molecule has 0 atom stereocenters. The Labute approximate surface area is 544 Å². The topological polar surface area (TPSA) is 300 Å². The molecule has 0 aliphatic carbocycles. The maximum absolute atomic E-state index is 13.3. The van der Waals surface area contributed by atoms with Crippen LogP contribution in [0.4, 0.5) is 39.5 Å². The van der Waals surface area contributed by atoms with Crippen molar-refractivity contribution < 1.29 is 123 Å². The summed E-state index contributed by atoms with van der Waals surface area (Å²) < 4.78 is 134. The quantitative estimate of drug-likeness (QED) is 0.0422. The number of benzene rings is 6. The summed E-state index contributed by atoms with van der Waals surface area (Å²) in [6.45, 7) is 2.17. The number of halogens is 9. The molecule has 0 radical (unpaired) electrons. The number of rotatable bonds is 15. The molecule has 1 aliphatic heterocycles. The van der Waals surface area contributed by atoms with Crippen molar-refractivity contribution >= 4 is 35.4 Å². The van der Waals surface area contributed by atoms with Gasteiger partial charge in [0, 0.05) is 29.8 Å². The third-order valence-corrected chi connectivity index (χ3v) is 13.3. The average Bonchev–Trinajstić information content (AvgIpc) is 1.71. The van der Waals surface area contributed by atoms with Gasteiger partial charge in [0.25, 0.3) is 23.6 Å². The minimum Gasteiger partial charge on any atom is -0.870 e. The van der Waals surface area contributed by atoms with E-state index in [9.17, 15) is 73.4 Å². The molecule has 0 bridgehead atoms. The summed E-state index contributed by atoms with van der Waals surface area (Å²) in [7, 11) is 0. The molecule has 0 saturated carbocycles. The van der Waals surface area contributed by atoms with Crippen LogP contribution in [0.1, 0.15) is 99.0 Å². The van der Waals surface area contributed by atoms with Crippen molar-refractivity contribution in [1.82, 2.24) is 19.9 Å². The van der Waals surface area contributed by atoms with Crippen molar-refractivity contribution in [2.75, 3.05) is 13.1 Å². The molecular formula is C65H49F9N7NaO11. The summed E-state index contributed by atoms with van der Waals surface area (Å²) in [6, 6.07) is 41.6. The van der Waals surface area contributed by atoms with Crippen molar-refractivity contribution in [2.45, 2.75) is 38.3 Å². The standard InChI is InChI=1S/C24H20F3N3O3.C21H15F3N2O3.C20H13F3N2O4.Na.H2O/c25-24(26,27)16-8-11-21(18(14-16)23(32)30-12-1-2-13-30)33-17-9-6-15(7-10-17)19-4-3-5-20(29-19)22(28)31;1-12(27)16-11-14(21(22,23)24)7-10-19(16)29-15-8-5-13(6-9-15)17-3-2-4-18(26-17)20(25)28;21-20(22,23)12-6-9-17(14(10-12)19(27)28)29-13-7-4-11(5-8-13)15-2-1-3-16(25-15)18(24)26;;/h3-11,14H,1-2,12-13H2,(H2,28,31);2-11H,1H3,(H2,25,28);1-10H,(H2,24,26)(H,27,28);;1H2/q;;;+1;/p-1. The van der Waals surface area contributed by atoms with E-state index >= 15 is 0 Å². The van der Waals surface area contributed by atoms with E-state index in [1.54, 1.807) is 97.1 Å². The van der Waals surface area contributed by atoms with Gasteiger partial charge < -0.3 is 46.9 Å². The molecule has 3 aromatic heterocycles. The second-order valence-corrected chi connectivity index (χ2v) is 19.7. The summed E-state index contributed by atoms with van der Waals surface area (Å²) >= 11 is 0. The van der Waals surface area contributed by atoms with Gasteiger partial charge in [0.05, 0.1) is 44.9 Å². The minimum atomic E-state index is -4.67. The largest absolute Gasteiger partial charge is 1.00 e. The number of ketones is 1. The number of ether oxygens (including phenoxy) is 3. The molecule has 28 heteroatoms. The maximum Gasteiger partial charge on any atom is 1.00 e. The number of carboxylic acids is 1. The van der Waals surface area contributed by atoms with Gasteiger partial charge in [-0.25, -0.2) is 19.7 Å². The number of carboxylic acid groups (broad SMARTS) is 1. The molecule has 9 aromatic rings. The molecule has 0 spiro atoms. The minimum absolute atomic E-state index is 0. The number of hydrogen-bond donors (Lipinski definition) is 4. The molecule has 0 unspecified atom stereocenters. The number of carbonyl (C=O) groups is 6. The number of aromatic carboxylic acids is 1. The fraction of sp³-hybridized carbons (Fsp3) is 0.123. The Balaban J connectivity index is 0.000000220. The maximum atomic E-state index is 13.3. The van der Waals surface area contributed by atoms with Crippen LogP contribution in [0.5, 0.6) is 34.5 Å². The summed E-state index contributed by atoms with van der Waals surface area (Å²) in [5, 5.41) is 9.20. The van der Waals surface area contributed by atoms with Crippen molar-refractivity contribution in [2.24, 2.45) is 17.2 Å². The van der Waals surface area contributed by atoms with Gasteiger partial charge in [-0.3, -0.25) is 24.0 Å². The average molecular weight is 1300 g/mol. The van der Waals surface area contributed by atoms with Gasteiger partial charge in [0.2, 0.25) is 0 Å². The first-order chi connectivity index (χ1) is 43.0. The van der Waals surface area contributed by atoms with E-state index in [0.717, 1.165) is 61.4 Å². The number of likely N-dealkylation sites (tertiary alicyclic amines) is 1. The molecule has 6 aromatic carbocycles. The second-order valence-electron chi connectivity index (χ2n) is 19.7. The van der Waals surface area contributed by atoms with Crippen LogP contribution in [0.3, 0.4) is 0 Å². The zero-order chi connectivity index (χ0) is 66.0. The van der Waals surface area contributed by atoms with Crippen LogP contribution in [0, 0.1) is 0 Å². The number of carbonyl (C=O) groups excluding carboxylic acids is 5. The molecular weight excluding hydrogens is 1250 g/mol. The van der Waals surface area contributed by atoms with E-state index in [0.29, 0.717) is 64.4 Å². The normalized spacial score (nSPS) is 11.8. The van der Waals surface area contributed by atoms with Crippen LogP contribution in [-0.4, -0.2) is 78.9 Å². The molecule has 1 saturated heterocycles. The number of nitrogens with zero attached hydrogens (tertiary/aromatic N) is 4. The third kappa shape index (κ3) is 18.8. The molecule has 10 rings (SSSR count). The van der Waals surface area contributed by atoms with Gasteiger partial charge in [-0.1, -0.05) is 18.2 Å². The number of alkyl halides is 9. The van der Waals surface area contributed by atoms with Crippen molar-refractivity contribution in [3.05, 3.63) is 232 Å². The fourth-order valence-corrected chi connectivity index (χ4v) is 8.75. The monoisotopic (exact) mass is 1300 g/mol. The number of nitrogens with two attached hydrogens (primary N) is 3. The number of pyridine rings is 3. The molecule has 474 valence electrons. The predicted octanol–water partition coefficient (Wildman–Crippen LogP) is 10.9. The van der Waals surface area contributed by atoms with Crippen LogP contribution in [0.2, 0.25) is 0 Å². The van der Waals surface area contributed by atoms with E-state index in [1.807, 2.05) is 0 Å². The van der Waals surface area contributed by atoms with Crippen molar-refractivity contribution in [1.29, 1.82) is 0 Å². The van der Waals surface area contributed by atoms with Crippen LogP contribution in [0.25, 0.3) is 33.8 Å².